The summed E-state index contributed by atoms with van der Waals surface area (Å²) in [4.78, 5) is 0. The van der Waals surface area contributed by atoms with Gasteiger partial charge in [0.05, 0.1) is 6.10 Å². The molecule has 0 radical (unpaired) electrons. The van der Waals surface area contributed by atoms with E-state index in [0.717, 1.165) is 24.7 Å². The SMILES string of the molecule is CCC(O)CCCCCC(C)CCCC(C)C. The Bertz CT molecular complexity index is 154. The summed E-state index contributed by atoms with van der Waals surface area (Å²) >= 11 is 0. The monoisotopic (exact) mass is 242 g/mol. The van der Waals surface area contributed by atoms with Crippen molar-refractivity contribution in [1.29, 1.82) is 0 Å². The summed E-state index contributed by atoms with van der Waals surface area (Å²) in [6.45, 7) is 9.07. The van der Waals surface area contributed by atoms with Crippen LogP contribution in [0.25, 0.3) is 0 Å². The van der Waals surface area contributed by atoms with Crippen molar-refractivity contribution in [2.45, 2.75) is 91.6 Å². The largest absolute Gasteiger partial charge is 0.393 e. The van der Waals surface area contributed by atoms with Gasteiger partial charge in [-0.25, -0.2) is 0 Å². The first-order valence-electron chi connectivity index (χ1n) is 7.74. The van der Waals surface area contributed by atoms with Crippen LogP contribution in [0.5, 0.6) is 0 Å². The topological polar surface area (TPSA) is 20.2 Å². The van der Waals surface area contributed by atoms with Gasteiger partial charge in [-0.15, -0.1) is 0 Å². The van der Waals surface area contributed by atoms with Gasteiger partial charge in [-0.1, -0.05) is 72.6 Å². The summed E-state index contributed by atoms with van der Waals surface area (Å²) in [5.74, 6) is 1.75. The number of hydrogen-bond acceptors (Lipinski definition) is 1. The van der Waals surface area contributed by atoms with Gasteiger partial charge in [0.15, 0.2) is 0 Å². The third kappa shape index (κ3) is 12.2. The van der Waals surface area contributed by atoms with Crippen LogP contribution in [0.4, 0.5) is 0 Å². The standard InChI is InChI=1S/C16H34O/c1-5-16(17)13-8-6-7-11-15(4)12-9-10-14(2)3/h14-17H,5-13H2,1-4H3. The molecule has 0 rings (SSSR count). The highest BCUT2D eigenvalue weighted by molar-refractivity contribution is 4.57. The fourth-order valence-electron chi connectivity index (χ4n) is 2.27. The molecule has 1 N–H and O–H groups in total. The molecule has 0 aliphatic heterocycles. The molecular weight excluding hydrogens is 208 g/mol. The summed E-state index contributed by atoms with van der Waals surface area (Å²) in [5, 5.41) is 9.43. The summed E-state index contributed by atoms with van der Waals surface area (Å²) in [5.41, 5.74) is 0. The van der Waals surface area contributed by atoms with Crippen LogP contribution in [0, 0.1) is 11.8 Å². The fraction of sp³-hybridized carbons (Fsp3) is 1.00. The molecule has 1 heteroatoms. The van der Waals surface area contributed by atoms with Crippen molar-refractivity contribution in [1.82, 2.24) is 0 Å². The van der Waals surface area contributed by atoms with Gasteiger partial charge in [0, 0.05) is 0 Å². The van der Waals surface area contributed by atoms with E-state index in [4.69, 9.17) is 0 Å². The van der Waals surface area contributed by atoms with E-state index in [-0.39, 0.29) is 6.10 Å². The van der Waals surface area contributed by atoms with Crippen molar-refractivity contribution in [3.05, 3.63) is 0 Å². The molecule has 104 valence electrons. The molecule has 0 aromatic carbocycles. The molecule has 0 amide bonds. The quantitative estimate of drug-likeness (QED) is 0.496. The Hall–Kier alpha value is -0.0400. The van der Waals surface area contributed by atoms with Gasteiger partial charge >= 0.3 is 0 Å². The first-order valence-corrected chi connectivity index (χ1v) is 7.74. The van der Waals surface area contributed by atoms with Crippen LogP contribution in [-0.4, -0.2) is 11.2 Å². The molecule has 17 heavy (non-hydrogen) atoms. The van der Waals surface area contributed by atoms with Crippen molar-refractivity contribution in [2.75, 3.05) is 0 Å². The Balaban J connectivity index is 3.24. The van der Waals surface area contributed by atoms with E-state index < -0.39 is 0 Å². The van der Waals surface area contributed by atoms with Crippen LogP contribution in [0.1, 0.15) is 85.5 Å². The van der Waals surface area contributed by atoms with Crippen LogP contribution < -0.4 is 0 Å². The lowest BCUT2D eigenvalue weighted by molar-refractivity contribution is 0.156. The maximum atomic E-state index is 9.43. The van der Waals surface area contributed by atoms with Crippen molar-refractivity contribution < 1.29 is 5.11 Å². The maximum absolute atomic E-state index is 9.43. The van der Waals surface area contributed by atoms with Gasteiger partial charge in [-0.2, -0.15) is 0 Å². The number of rotatable bonds is 11. The summed E-state index contributed by atoms with van der Waals surface area (Å²) in [6.07, 6.45) is 11.2. The zero-order valence-electron chi connectivity index (χ0n) is 12.5. The van der Waals surface area contributed by atoms with Gasteiger partial charge in [-0.3, -0.25) is 0 Å². The van der Waals surface area contributed by atoms with Gasteiger partial charge in [0.2, 0.25) is 0 Å². The summed E-state index contributed by atoms with van der Waals surface area (Å²) < 4.78 is 0. The Morgan fingerprint density at radius 3 is 1.94 bits per heavy atom. The average Bonchev–Trinajstić information content (AvgIpc) is 2.27. The molecule has 0 saturated heterocycles. The third-order valence-corrected chi connectivity index (χ3v) is 3.68. The molecular formula is C16H34O. The lowest BCUT2D eigenvalue weighted by Crippen LogP contribution is -2.03. The van der Waals surface area contributed by atoms with Crippen LogP contribution in [0.2, 0.25) is 0 Å². The molecule has 0 aliphatic rings. The van der Waals surface area contributed by atoms with Crippen LogP contribution in [0.15, 0.2) is 0 Å². The Kier molecular flexibility index (Phi) is 11.0. The number of unbranched alkanes of at least 4 members (excludes halogenated alkanes) is 2. The highest BCUT2D eigenvalue weighted by atomic mass is 16.3. The molecule has 0 fully saturated rings. The molecule has 0 aromatic heterocycles. The number of aliphatic hydroxyl groups is 1. The summed E-state index contributed by atoms with van der Waals surface area (Å²) in [7, 11) is 0. The first-order chi connectivity index (χ1) is 8.06. The van der Waals surface area contributed by atoms with Crippen LogP contribution in [-0.2, 0) is 0 Å². The predicted octanol–water partition coefficient (Wildman–Crippen LogP) is 5.17. The molecule has 2 unspecified atom stereocenters. The molecule has 1 nitrogen and oxygen atoms in total. The zero-order chi connectivity index (χ0) is 13.1. The Morgan fingerprint density at radius 2 is 1.35 bits per heavy atom. The van der Waals surface area contributed by atoms with E-state index in [0.29, 0.717) is 0 Å². The van der Waals surface area contributed by atoms with Crippen molar-refractivity contribution in [2.24, 2.45) is 11.8 Å². The minimum absolute atomic E-state index is 0.0570. The minimum Gasteiger partial charge on any atom is -0.393 e. The normalized spacial score (nSPS) is 15.2. The lowest BCUT2D eigenvalue weighted by atomic mass is 9.95. The zero-order valence-corrected chi connectivity index (χ0v) is 12.5. The Morgan fingerprint density at radius 1 is 0.765 bits per heavy atom. The molecule has 2 atom stereocenters. The lowest BCUT2D eigenvalue weighted by Gasteiger charge is -2.12. The van der Waals surface area contributed by atoms with Gasteiger partial charge < -0.3 is 5.11 Å². The maximum Gasteiger partial charge on any atom is 0.0537 e. The number of hydrogen-bond donors (Lipinski definition) is 1. The van der Waals surface area contributed by atoms with E-state index in [9.17, 15) is 5.11 Å². The molecule has 0 heterocycles. The molecule has 0 saturated carbocycles. The van der Waals surface area contributed by atoms with Gasteiger partial charge in [-0.05, 0) is 24.7 Å². The Labute approximate surface area is 109 Å². The van der Waals surface area contributed by atoms with E-state index in [2.05, 4.69) is 27.7 Å². The van der Waals surface area contributed by atoms with E-state index in [1.54, 1.807) is 0 Å². The molecule has 0 spiro atoms. The molecule has 0 aromatic rings. The fourth-order valence-corrected chi connectivity index (χ4v) is 2.27. The second-order valence-electron chi connectivity index (χ2n) is 6.13. The van der Waals surface area contributed by atoms with E-state index >= 15 is 0 Å². The molecule has 0 aliphatic carbocycles. The van der Waals surface area contributed by atoms with Gasteiger partial charge in [0.25, 0.3) is 0 Å². The summed E-state index contributed by atoms with van der Waals surface area (Å²) in [6, 6.07) is 0. The van der Waals surface area contributed by atoms with Crippen LogP contribution in [0.3, 0.4) is 0 Å². The van der Waals surface area contributed by atoms with Crippen molar-refractivity contribution >= 4 is 0 Å². The highest BCUT2D eigenvalue weighted by Gasteiger charge is 2.04. The number of aliphatic hydroxyl groups excluding tert-OH is 1. The van der Waals surface area contributed by atoms with Crippen molar-refractivity contribution in [3.63, 3.8) is 0 Å². The second-order valence-corrected chi connectivity index (χ2v) is 6.13. The van der Waals surface area contributed by atoms with Crippen LogP contribution >= 0.6 is 0 Å². The molecule has 0 bridgehead atoms. The smallest absolute Gasteiger partial charge is 0.0537 e. The van der Waals surface area contributed by atoms with Gasteiger partial charge in [0.1, 0.15) is 0 Å². The average molecular weight is 242 g/mol. The predicted molar refractivity (Wildman–Crippen MR) is 77.2 cm³/mol. The minimum atomic E-state index is -0.0570. The second kappa shape index (κ2) is 11.1. The van der Waals surface area contributed by atoms with E-state index in [1.165, 1.54) is 44.9 Å². The van der Waals surface area contributed by atoms with Crippen molar-refractivity contribution in [3.8, 4) is 0 Å². The highest BCUT2D eigenvalue weighted by Crippen LogP contribution is 2.18. The first kappa shape index (κ1) is 17.0. The third-order valence-electron chi connectivity index (χ3n) is 3.68. The van der Waals surface area contributed by atoms with E-state index in [1.807, 2.05) is 0 Å².